The Morgan fingerprint density at radius 1 is 0.788 bits per heavy atom. The number of hydrogen-bond acceptors (Lipinski definition) is 9. The molecule has 4 N–H and O–H groups in total. The fraction of sp³-hybridized carbons (Fsp3) is 0.864. The highest BCUT2D eigenvalue weighted by Gasteiger charge is 2.12. The van der Waals surface area contributed by atoms with Gasteiger partial charge in [-0.1, -0.05) is 76.1 Å². The molecule has 0 bridgehead atoms. The highest BCUT2D eigenvalue weighted by Crippen LogP contribution is 2.10. The highest BCUT2D eigenvalue weighted by molar-refractivity contribution is 7.81. The molecule has 0 aliphatic rings. The molecule has 0 heterocycles. The molecule has 0 radical (unpaired) electrons. The number of carbonyl (C=O) groups excluding carboxylic acids is 1. The van der Waals surface area contributed by atoms with E-state index >= 15 is 0 Å². The molecule has 0 aromatic rings. The fourth-order valence-electron chi connectivity index (χ4n) is 2.72. The maximum absolute atomic E-state index is 11.0. The Kier molecular flexibility index (Phi) is 28.1. The van der Waals surface area contributed by atoms with Crippen molar-refractivity contribution in [2.75, 3.05) is 26.4 Å². The summed E-state index contributed by atoms with van der Waals surface area (Å²) in [6.07, 6.45) is 19.6. The van der Waals surface area contributed by atoms with E-state index < -0.39 is 16.4 Å². The van der Waals surface area contributed by atoms with Gasteiger partial charge in [0.1, 0.15) is 0 Å². The molecule has 0 aromatic carbocycles. The maximum Gasteiger partial charge on any atom is 0.448 e. The fourth-order valence-corrected chi connectivity index (χ4v) is 3.03. The van der Waals surface area contributed by atoms with Crippen molar-refractivity contribution in [2.45, 2.75) is 96.8 Å². The van der Waals surface area contributed by atoms with Gasteiger partial charge in [-0.3, -0.25) is 19.0 Å². The van der Waals surface area contributed by atoms with Crippen LogP contribution in [0.2, 0.25) is 0 Å². The standard InChI is InChI=1S/C18H34O5S.C4H11NO4/c1-2-3-4-5-6-7-8-9-10-11-12-13-14-15-16-17-18(19)23-24(20,21)22;6-1-3-8-5-9-4-2-7/h9-10H,2-8,11-17H2,1H3,(H,20,21,22);5-7H,1-4H2. The molecule has 0 saturated carbocycles. The summed E-state index contributed by atoms with van der Waals surface area (Å²) in [5, 5.41) is 16.3. The number of aliphatic hydroxyl groups excluding tert-OH is 2. The van der Waals surface area contributed by atoms with Gasteiger partial charge in [-0.2, -0.15) is 8.42 Å². The summed E-state index contributed by atoms with van der Waals surface area (Å²) >= 11 is 0. The molecule has 0 aliphatic carbocycles. The van der Waals surface area contributed by atoms with E-state index in [9.17, 15) is 13.2 Å². The van der Waals surface area contributed by atoms with Crippen LogP contribution in [0.4, 0.5) is 0 Å². The molecule has 0 unspecified atom stereocenters. The molecule has 0 spiro atoms. The van der Waals surface area contributed by atoms with Gasteiger partial charge >= 0.3 is 16.4 Å². The van der Waals surface area contributed by atoms with E-state index in [1.54, 1.807) is 0 Å². The predicted octanol–water partition coefficient (Wildman–Crippen LogP) is 3.79. The van der Waals surface area contributed by atoms with Gasteiger partial charge in [0.05, 0.1) is 26.4 Å². The van der Waals surface area contributed by atoms with E-state index in [0.29, 0.717) is 6.42 Å². The lowest BCUT2D eigenvalue weighted by Crippen LogP contribution is -2.19. The molecule has 11 heteroatoms. The summed E-state index contributed by atoms with van der Waals surface area (Å²) in [5.41, 5.74) is 2.07. The summed E-state index contributed by atoms with van der Waals surface area (Å²) in [4.78, 5) is 19.9. The molecule has 33 heavy (non-hydrogen) atoms. The lowest BCUT2D eigenvalue weighted by molar-refractivity contribution is -0.178. The number of unbranched alkanes of at least 4 members (excludes halogenated alkanes) is 11. The van der Waals surface area contributed by atoms with Crippen molar-refractivity contribution in [3.05, 3.63) is 12.2 Å². The highest BCUT2D eigenvalue weighted by atomic mass is 32.3. The first-order chi connectivity index (χ1) is 15.9. The molecule has 0 atom stereocenters. The average Bonchev–Trinajstić information content (AvgIpc) is 2.75. The third kappa shape index (κ3) is 35.7. The molecule has 10 nitrogen and oxygen atoms in total. The van der Waals surface area contributed by atoms with Crippen LogP contribution < -0.4 is 5.64 Å². The van der Waals surface area contributed by atoms with Gasteiger partial charge in [-0.05, 0) is 32.1 Å². The van der Waals surface area contributed by atoms with E-state index in [4.69, 9.17) is 14.8 Å². The van der Waals surface area contributed by atoms with Crippen LogP contribution in [-0.2, 0) is 29.1 Å². The van der Waals surface area contributed by atoms with E-state index in [1.165, 1.54) is 44.9 Å². The van der Waals surface area contributed by atoms with Crippen LogP contribution in [0.15, 0.2) is 12.2 Å². The number of carbonyl (C=O) groups is 1. The maximum atomic E-state index is 11.0. The van der Waals surface area contributed by atoms with Crippen LogP contribution in [0.1, 0.15) is 96.8 Å². The molecule has 0 amide bonds. The summed E-state index contributed by atoms with van der Waals surface area (Å²) in [6, 6.07) is 0. The summed E-state index contributed by atoms with van der Waals surface area (Å²) < 4.78 is 32.8. The van der Waals surface area contributed by atoms with Gasteiger partial charge in [0.25, 0.3) is 0 Å². The topological polar surface area (TPSA) is 152 Å². The third-order valence-electron chi connectivity index (χ3n) is 4.35. The molecular weight excluding hydrogens is 454 g/mol. The minimum absolute atomic E-state index is 0.0257. The lowest BCUT2D eigenvalue weighted by atomic mass is 10.1. The number of hydrogen-bond donors (Lipinski definition) is 4. The van der Waals surface area contributed by atoms with Gasteiger partial charge in [0.2, 0.25) is 0 Å². The smallest absolute Gasteiger partial charge is 0.394 e. The van der Waals surface area contributed by atoms with Crippen molar-refractivity contribution < 1.29 is 41.8 Å². The first-order valence-electron chi connectivity index (χ1n) is 11.9. The molecular formula is C22H45NO9S. The van der Waals surface area contributed by atoms with Crippen molar-refractivity contribution in [3.63, 3.8) is 0 Å². The Morgan fingerprint density at radius 3 is 1.70 bits per heavy atom. The van der Waals surface area contributed by atoms with Crippen molar-refractivity contribution in [1.82, 2.24) is 5.64 Å². The first-order valence-corrected chi connectivity index (χ1v) is 13.3. The van der Waals surface area contributed by atoms with Gasteiger partial charge < -0.3 is 14.4 Å². The van der Waals surface area contributed by atoms with Crippen molar-refractivity contribution in [1.29, 1.82) is 0 Å². The SMILES string of the molecule is CCCCCCCCC=CCCCCCCCC(=O)OS(=O)(=O)O.OCCONOCCO. The zero-order valence-corrected chi connectivity index (χ0v) is 20.9. The number of rotatable bonds is 22. The van der Waals surface area contributed by atoms with Crippen LogP contribution in [0, 0.1) is 0 Å². The summed E-state index contributed by atoms with van der Waals surface area (Å²) in [6.45, 7) is 2.46. The predicted molar refractivity (Wildman–Crippen MR) is 126 cm³/mol. The van der Waals surface area contributed by atoms with Gasteiger partial charge in [0, 0.05) is 6.42 Å². The lowest BCUT2D eigenvalue weighted by Gasteiger charge is -2.01. The van der Waals surface area contributed by atoms with Crippen LogP contribution in [-0.4, -0.2) is 55.6 Å². The average molecular weight is 500 g/mol. The monoisotopic (exact) mass is 499 g/mol. The number of aliphatic hydroxyl groups is 2. The molecule has 0 fully saturated rings. The molecule has 0 aromatic heterocycles. The Labute approximate surface area is 199 Å². The second-order valence-corrected chi connectivity index (χ2v) is 8.47. The zero-order valence-electron chi connectivity index (χ0n) is 20.1. The second-order valence-electron chi connectivity index (χ2n) is 7.44. The summed E-state index contributed by atoms with van der Waals surface area (Å²) in [5.74, 6) is -0.893. The largest absolute Gasteiger partial charge is 0.448 e. The first kappa shape index (κ1) is 34.1. The molecule has 0 saturated heterocycles. The number of allylic oxidation sites excluding steroid dienone is 2. The van der Waals surface area contributed by atoms with E-state index in [2.05, 4.69) is 38.6 Å². The van der Waals surface area contributed by atoms with Crippen LogP contribution >= 0.6 is 0 Å². The van der Waals surface area contributed by atoms with E-state index in [-0.39, 0.29) is 32.8 Å². The van der Waals surface area contributed by atoms with E-state index in [1.807, 2.05) is 0 Å². The Morgan fingerprint density at radius 2 is 1.24 bits per heavy atom. The molecule has 0 aliphatic heterocycles. The van der Waals surface area contributed by atoms with Gasteiger partial charge in [0.15, 0.2) is 0 Å². The van der Waals surface area contributed by atoms with Gasteiger partial charge in [-0.25, -0.2) is 0 Å². The Hall–Kier alpha value is -1.08. The Balaban J connectivity index is 0. The Bertz CT molecular complexity index is 536. The van der Waals surface area contributed by atoms with Crippen molar-refractivity contribution >= 4 is 16.4 Å². The molecule has 0 rings (SSSR count). The summed E-state index contributed by atoms with van der Waals surface area (Å²) in [7, 11) is -4.65. The quantitative estimate of drug-likeness (QED) is 0.0749. The third-order valence-corrected chi connectivity index (χ3v) is 4.74. The van der Waals surface area contributed by atoms with Gasteiger partial charge in [-0.15, -0.1) is 0 Å². The minimum Gasteiger partial charge on any atom is -0.394 e. The normalized spacial score (nSPS) is 11.4. The zero-order chi connectivity index (χ0) is 25.0. The van der Waals surface area contributed by atoms with Crippen molar-refractivity contribution in [2.24, 2.45) is 0 Å². The second kappa shape index (κ2) is 27.2. The molecule has 198 valence electrons. The number of nitrogens with one attached hydrogen (secondary N) is 1. The minimum atomic E-state index is -4.65. The van der Waals surface area contributed by atoms with Crippen LogP contribution in [0.3, 0.4) is 0 Å². The van der Waals surface area contributed by atoms with Crippen LogP contribution in [0.5, 0.6) is 0 Å². The van der Waals surface area contributed by atoms with Crippen LogP contribution in [0.25, 0.3) is 0 Å². The van der Waals surface area contributed by atoms with Crippen molar-refractivity contribution in [3.8, 4) is 0 Å². The van der Waals surface area contributed by atoms with E-state index in [0.717, 1.165) is 32.1 Å².